The molecule has 0 aromatic heterocycles. The molecule has 0 rings (SSSR count). The van der Waals surface area contributed by atoms with Crippen LogP contribution in [0.5, 0.6) is 0 Å². The molecule has 0 bridgehead atoms. The van der Waals surface area contributed by atoms with Gasteiger partial charge in [-0.25, -0.2) is 0 Å². The van der Waals surface area contributed by atoms with E-state index < -0.39 is 47.8 Å². The van der Waals surface area contributed by atoms with Crippen LogP contribution in [0.15, 0.2) is 0 Å². The molecule has 0 saturated heterocycles. The Labute approximate surface area is 222 Å². The van der Waals surface area contributed by atoms with Gasteiger partial charge in [0.25, 0.3) is 0 Å². The fourth-order valence-corrected chi connectivity index (χ4v) is 3.85. The van der Waals surface area contributed by atoms with Crippen molar-refractivity contribution >= 4 is 29.5 Å². The summed E-state index contributed by atoms with van der Waals surface area (Å²) in [6.45, 7) is 13.0. The molecular weight excluding hydrogens is 476 g/mol. The van der Waals surface area contributed by atoms with E-state index in [0.29, 0.717) is 45.1 Å². The lowest BCUT2D eigenvalue weighted by Gasteiger charge is -2.31. The first-order valence-electron chi connectivity index (χ1n) is 13.5. The Bertz CT molecular complexity index is 762. The number of amides is 5. The maximum atomic E-state index is 13.4. The zero-order valence-electron chi connectivity index (χ0n) is 23.7. The molecule has 0 fully saturated rings. The fourth-order valence-electron chi connectivity index (χ4n) is 3.85. The third-order valence-corrected chi connectivity index (χ3v) is 7.05. The molecule has 11 heteroatoms. The van der Waals surface area contributed by atoms with Crippen molar-refractivity contribution in [3.05, 3.63) is 0 Å². The molecule has 0 unspecified atom stereocenters. The highest BCUT2D eigenvalue weighted by molar-refractivity contribution is 5.95. The quantitative estimate of drug-likeness (QED) is 0.143. The molecule has 0 heterocycles. The average molecular weight is 527 g/mol. The van der Waals surface area contributed by atoms with E-state index in [2.05, 4.69) is 21.3 Å². The van der Waals surface area contributed by atoms with Crippen LogP contribution >= 0.6 is 0 Å². The second-order valence-electron chi connectivity index (χ2n) is 10.1. The van der Waals surface area contributed by atoms with Gasteiger partial charge in [0.15, 0.2) is 0 Å². The molecule has 11 nitrogen and oxygen atoms in total. The number of hydrogen-bond acceptors (Lipinski definition) is 6. The van der Waals surface area contributed by atoms with Crippen LogP contribution in [0.25, 0.3) is 0 Å². The van der Waals surface area contributed by atoms with Crippen LogP contribution in [0, 0.1) is 17.8 Å². The Hall–Kier alpha value is -2.69. The van der Waals surface area contributed by atoms with Crippen molar-refractivity contribution in [2.45, 2.75) is 111 Å². The van der Waals surface area contributed by atoms with Crippen LogP contribution in [-0.4, -0.2) is 60.2 Å². The first-order chi connectivity index (χ1) is 17.3. The summed E-state index contributed by atoms with van der Waals surface area (Å²) in [4.78, 5) is 63.3. The van der Waals surface area contributed by atoms with E-state index in [0.717, 1.165) is 0 Å². The molecule has 0 spiro atoms. The molecule has 7 atom stereocenters. The normalized spacial score (nSPS) is 16.8. The van der Waals surface area contributed by atoms with Gasteiger partial charge in [-0.05, 0) is 43.6 Å². The standard InChI is InChI=1S/C26H50N6O5/c1-8-15(4)20(29-18(7)33)25(36)32-22(17(6)10-3)26(37)31-21(16(5)9-2)24(35)30-19(23(28)34)13-11-12-14-27/h15-17,19-22H,8-14,27H2,1-7H3,(H2,28,34)(H,29,33)(H,30,35)(H,31,37)(H,32,36)/t15-,16-,17-,19-,20-,21-,22-/m0/s1. The Kier molecular flexibility index (Phi) is 16.4. The van der Waals surface area contributed by atoms with Crippen LogP contribution in [-0.2, 0) is 24.0 Å². The summed E-state index contributed by atoms with van der Waals surface area (Å²) < 4.78 is 0. The third-order valence-electron chi connectivity index (χ3n) is 7.05. The zero-order valence-corrected chi connectivity index (χ0v) is 23.7. The summed E-state index contributed by atoms with van der Waals surface area (Å²) in [5.41, 5.74) is 11.0. The van der Waals surface area contributed by atoms with E-state index in [9.17, 15) is 24.0 Å². The predicted molar refractivity (Wildman–Crippen MR) is 144 cm³/mol. The number of carbonyl (C=O) groups excluding carboxylic acids is 5. The molecule has 0 aliphatic carbocycles. The number of hydrogen-bond donors (Lipinski definition) is 6. The van der Waals surface area contributed by atoms with Gasteiger partial charge in [0, 0.05) is 6.92 Å². The van der Waals surface area contributed by atoms with Crippen molar-refractivity contribution in [2.75, 3.05) is 6.54 Å². The molecule has 8 N–H and O–H groups in total. The first-order valence-corrected chi connectivity index (χ1v) is 13.5. The number of nitrogens with two attached hydrogens (primary N) is 2. The fraction of sp³-hybridized carbons (Fsp3) is 0.808. The summed E-state index contributed by atoms with van der Waals surface area (Å²) in [5, 5.41) is 10.9. The van der Waals surface area contributed by atoms with Crippen molar-refractivity contribution in [1.82, 2.24) is 21.3 Å². The van der Waals surface area contributed by atoms with E-state index in [-0.39, 0.29) is 23.7 Å². The van der Waals surface area contributed by atoms with Gasteiger partial charge >= 0.3 is 0 Å². The maximum Gasteiger partial charge on any atom is 0.243 e. The molecule has 0 aliphatic rings. The van der Waals surface area contributed by atoms with Crippen LogP contribution in [0.1, 0.15) is 87.0 Å². The number of nitrogens with one attached hydrogen (secondary N) is 4. The summed E-state index contributed by atoms with van der Waals surface area (Å²) in [6.07, 6.45) is 3.51. The van der Waals surface area contributed by atoms with E-state index >= 15 is 0 Å². The Morgan fingerprint density at radius 3 is 1.35 bits per heavy atom. The molecule has 0 aromatic carbocycles. The maximum absolute atomic E-state index is 13.4. The second-order valence-corrected chi connectivity index (χ2v) is 10.1. The van der Waals surface area contributed by atoms with Crippen LogP contribution in [0.2, 0.25) is 0 Å². The predicted octanol–water partition coefficient (Wildman–Crippen LogP) is 0.698. The number of primary amides is 1. The Morgan fingerprint density at radius 2 is 1.03 bits per heavy atom. The summed E-state index contributed by atoms with van der Waals surface area (Å²) >= 11 is 0. The summed E-state index contributed by atoms with van der Waals surface area (Å²) in [7, 11) is 0. The lowest BCUT2D eigenvalue weighted by Crippen LogP contribution is -2.61. The molecule has 5 amide bonds. The zero-order chi connectivity index (χ0) is 28.7. The van der Waals surface area contributed by atoms with Crippen molar-refractivity contribution in [1.29, 1.82) is 0 Å². The summed E-state index contributed by atoms with van der Waals surface area (Å²) in [5.74, 6) is -3.10. The number of carbonyl (C=O) groups is 5. The smallest absolute Gasteiger partial charge is 0.243 e. The molecule has 37 heavy (non-hydrogen) atoms. The highest BCUT2D eigenvalue weighted by atomic mass is 16.2. The van der Waals surface area contributed by atoms with Crippen molar-refractivity contribution in [3.8, 4) is 0 Å². The van der Waals surface area contributed by atoms with E-state index in [1.165, 1.54) is 6.92 Å². The Balaban J connectivity index is 5.79. The van der Waals surface area contributed by atoms with Gasteiger partial charge in [-0.15, -0.1) is 0 Å². The van der Waals surface area contributed by atoms with Gasteiger partial charge in [0.05, 0.1) is 0 Å². The molecule has 0 aliphatic heterocycles. The van der Waals surface area contributed by atoms with Crippen LogP contribution in [0.4, 0.5) is 0 Å². The Morgan fingerprint density at radius 1 is 0.649 bits per heavy atom. The average Bonchev–Trinajstić information content (AvgIpc) is 2.86. The van der Waals surface area contributed by atoms with E-state index in [4.69, 9.17) is 11.5 Å². The van der Waals surface area contributed by atoms with Gasteiger partial charge in [-0.2, -0.15) is 0 Å². The van der Waals surface area contributed by atoms with Gasteiger partial charge in [-0.1, -0.05) is 60.8 Å². The van der Waals surface area contributed by atoms with Crippen molar-refractivity contribution < 1.29 is 24.0 Å². The van der Waals surface area contributed by atoms with Crippen molar-refractivity contribution in [3.63, 3.8) is 0 Å². The van der Waals surface area contributed by atoms with Gasteiger partial charge in [-0.3, -0.25) is 24.0 Å². The summed E-state index contributed by atoms with van der Waals surface area (Å²) in [6, 6.07) is -3.52. The van der Waals surface area contributed by atoms with Gasteiger partial charge < -0.3 is 32.7 Å². The number of rotatable bonds is 18. The second kappa shape index (κ2) is 17.7. The van der Waals surface area contributed by atoms with E-state index in [1.807, 2.05) is 41.5 Å². The minimum atomic E-state index is -0.932. The largest absolute Gasteiger partial charge is 0.368 e. The van der Waals surface area contributed by atoms with Crippen molar-refractivity contribution in [2.24, 2.45) is 29.2 Å². The lowest BCUT2D eigenvalue weighted by molar-refractivity contribution is -0.136. The van der Waals surface area contributed by atoms with Crippen LogP contribution in [0.3, 0.4) is 0 Å². The topological polar surface area (TPSA) is 186 Å². The molecule has 0 radical (unpaired) electrons. The van der Waals surface area contributed by atoms with Gasteiger partial charge in [0.1, 0.15) is 24.2 Å². The molecule has 0 aromatic rings. The minimum absolute atomic E-state index is 0.145. The monoisotopic (exact) mass is 526 g/mol. The highest BCUT2D eigenvalue weighted by Gasteiger charge is 2.35. The lowest BCUT2D eigenvalue weighted by atomic mass is 9.93. The first kappa shape index (κ1) is 34.3. The molecule has 0 saturated carbocycles. The molecular formula is C26H50N6O5. The molecule has 214 valence electrons. The van der Waals surface area contributed by atoms with Crippen LogP contribution < -0.4 is 32.7 Å². The minimum Gasteiger partial charge on any atom is -0.368 e. The highest BCUT2D eigenvalue weighted by Crippen LogP contribution is 2.15. The number of unbranched alkanes of at least 4 members (excludes halogenated alkanes) is 1. The SMILES string of the molecule is CC[C@H](C)[C@H](NC(C)=O)C(=O)N[C@H](C(=O)N[C@H](C(=O)N[C@@H](CCCCN)C(N)=O)[C@@H](C)CC)[C@@H](C)CC. The van der Waals surface area contributed by atoms with Gasteiger partial charge in [0.2, 0.25) is 29.5 Å². The third kappa shape index (κ3) is 11.9. The van der Waals surface area contributed by atoms with E-state index in [1.54, 1.807) is 0 Å².